The van der Waals surface area contributed by atoms with E-state index < -0.39 is 0 Å². The maximum Gasteiger partial charge on any atom is 0.308 e. The molecule has 1 fully saturated rings. The van der Waals surface area contributed by atoms with Crippen molar-refractivity contribution >= 4 is 23.2 Å². The molecule has 0 N–H and O–H groups in total. The van der Waals surface area contributed by atoms with Gasteiger partial charge in [-0.15, -0.1) is 0 Å². The van der Waals surface area contributed by atoms with Crippen molar-refractivity contribution in [3.05, 3.63) is 29.8 Å². The third-order valence-electron chi connectivity index (χ3n) is 2.67. The summed E-state index contributed by atoms with van der Waals surface area (Å²) >= 11 is 5.46. The van der Waals surface area contributed by atoms with Crippen molar-refractivity contribution in [1.29, 1.82) is 0 Å². The molecular weight excluding hydrogens is 250 g/mol. The molecule has 1 aliphatic heterocycles. The van der Waals surface area contributed by atoms with Crippen LogP contribution in [-0.2, 0) is 9.53 Å². The molecule has 0 unspecified atom stereocenters. The van der Waals surface area contributed by atoms with Crippen LogP contribution in [0.1, 0.15) is 12.5 Å². The fourth-order valence-electron chi connectivity index (χ4n) is 1.82. The number of hydrogen-bond donors (Lipinski definition) is 0. The Bertz CT molecular complexity index is 455. The van der Waals surface area contributed by atoms with Crippen molar-refractivity contribution in [1.82, 2.24) is 4.90 Å². The quantitative estimate of drug-likeness (QED) is 0.461. The Labute approximate surface area is 111 Å². The number of para-hydroxylation sites is 1. The van der Waals surface area contributed by atoms with E-state index in [1.54, 1.807) is 6.07 Å². The second kappa shape index (κ2) is 5.93. The average Bonchev–Trinajstić information content (AvgIpc) is 2.39. The van der Waals surface area contributed by atoms with Gasteiger partial charge in [0.15, 0.2) is 0 Å². The second-order valence-corrected chi connectivity index (χ2v) is 4.38. The molecule has 0 radical (unpaired) electrons. The van der Waals surface area contributed by atoms with E-state index in [-0.39, 0.29) is 5.97 Å². The van der Waals surface area contributed by atoms with Gasteiger partial charge in [-0.25, -0.2) is 0 Å². The van der Waals surface area contributed by atoms with Gasteiger partial charge in [0.2, 0.25) is 0 Å². The molecule has 4 nitrogen and oxygen atoms in total. The first-order valence-electron chi connectivity index (χ1n) is 5.83. The van der Waals surface area contributed by atoms with Gasteiger partial charge < -0.3 is 14.4 Å². The van der Waals surface area contributed by atoms with E-state index in [2.05, 4.69) is 4.90 Å². The van der Waals surface area contributed by atoms with Gasteiger partial charge in [0.1, 0.15) is 10.7 Å². The minimum absolute atomic E-state index is 0.341. The molecule has 0 aliphatic carbocycles. The zero-order valence-electron chi connectivity index (χ0n) is 10.2. The molecule has 0 bridgehead atoms. The van der Waals surface area contributed by atoms with E-state index in [0.717, 1.165) is 18.7 Å². The number of thiocarbonyl (C=S) groups is 1. The van der Waals surface area contributed by atoms with E-state index in [9.17, 15) is 4.79 Å². The number of rotatable bonds is 2. The molecule has 0 aromatic heterocycles. The van der Waals surface area contributed by atoms with Crippen molar-refractivity contribution in [2.45, 2.75) is 6.92 Å². The van der Waals surface area contributed by atoms with Gasteiger partial charge in [-0.1, -0.05) is 24.4 Å². The fraction of sp³-hybridized carbons (Fsp3) is 0.385. The Morgan fingerprint density at radius 3 is 2.67 bits per heavy atom. The van der Waals surface area contributed by atoms with Gasteiger partial charge in [-0.05, 0) is 12.1 Å². The molecule has 5 heteroatoms. The highest BCUT2D eigenvalue weighted by atomic mass is 32.1. The maximum atomic E-state index is 11.1. The van der Waals surface area contributed by atoms with Crippen molar-refractivity contribution in [3.8, 4) is 5.75 Å². The summed E-state index contributed by atoms with van der Waals surface area (Å²) in [6.45, 7) is 4.28. The highest BCUT2D eigenvalue weighted by molar-refractivity contribution is 7.80. The first kappa shape index (κ1) is 13.0. The molecule has 2 rings (SSSR count). The van der Waals surface area contributed by atoms with E-state index >= 15 is 0 Å². The van der Waals surface area contributed by atoms with Crippen molar-refractivity contribution in [2.24, 2.45) is 0 Å². The second-order valence-electron chi connectivity index (χ2n) is 3.99. The molecule has 0 amide bonds. The van der Waals surface area contributed by atoms with E-state index in [1.165, 1.54) is 6.92 Å². The van der Waals surface area contributed by atoms with Gasteiger partial charge >= 0.3 is 5.97 Å². The molecule has 0 saturated carbocycles. The predicted molar refractivity (Wildman–Crippen MR) is 71.8 cm³/mol. The fourth-order valence-corrected chi connectivity index (χ4v) is 2.18. The smallest absolute Gasteiger partial charge is 0.308 e. The largest absolute Gasteiger partial charge is 0.426 e. The summed E-state index contributed by atoms with van der Waals surface area (Å²) in [4.78, 5) is 13.8. The van der Waals surface area contributed by atoms with Crippen LogP contribution in [0, 0.1) is 0 Å². The standard InChI is InChI=1S/C13H15NO3S/c1-10(15)17-12-5-3-2-4-11(12)13(18)14-6-8-16-9-7-14/h2-5H,6-9H2,1H3. The normalized spacial score (nSPS) is 15.3. The molecule has 1 aromatic rings. The van der Waals surface area contributed by atoms with Gasteiger partial charge in [0.25, 0.3) is 0 Å². The Morgan fingerprint density at radius 2 is 2.00 bits per heavy atom. The van der Waals surface area contributed by atoms with Gasteiger partial charge in [-0.2, -0.15) is 0 Å². The lowest BCUT2D eigenvalue weighted by Crippen LogP contribution is -2.40. The number of hydrogen-bond acceptors (Lipinski definition) is 4. The molecule has 18 heavy (non-hydrogen) atoms. The van der Waals surface area contributed by atoms with E-state index in [1.807, 2.05) is 18.2 Å². The highest BCUT2D eigenvalue weighted by Crippen LogP contribution is 2.21. The van der Waals surface area contributed by atoms with Crippen LogP contribution < -0.4 is 4.74 Å². The Balaban J connectivity index is 2.20. The third-order valence-corrected chi connectivity index (χ3v) is 3.15. The Kier molecular flexibility index (Phi) is 4.28. The molecule has 0 spiro atoms. The SMILES string of the molecule is CC(=O)Oc1ccccc1C(=S)N1CCOCC1. The van der Waals surface area contributed by atoms with Gasteiger partial charge in [-0.3, -0.25) is 4.79 Å². The summed E-state index contributed by atoms with van der Waals surface area (Å²) in [7, 11) is 0. The molecule has 96 valence electrons. The zero-order chi connectivity index (χ0) is 13.0. The molecule has 1 aliphatic rings. The lowest BCUT2D eigenvalue weighted by Gasteiger charge is -2.29. The maximum absolute atomic E-state index is 11.1. The van der Waals surface area contributed by atoms with Gasteiger partial charge in [0.05, 0.1) is 18.8 Å². The average molecular weight is 265 g/mol. The number of morpholine rings is 1. The summed E-state index contributed by atoms with van der Waals surface area (Å²) < 4.78 is 10.5. The van der Waals surface area contributed by atoms with Crippen molar-refractivity contribution < 1.29 is 14.3 Å². The van der Waals surface area contributed by atoms with Crippen LogP contribution in [0.15, 0.2) is 24.3 Å². The number of nitrogens with zero attached hydrogens (tertiary/aromatic N) is 1. The summed E-state index contributed by atoms with van der Waals surface area (Å²) in [5.74, 6) is 0.175. The third kappa shape index (κ3) is 3.05. The monoisotopic (exact) mass is 265 g/mol. The lowest BCUT2D eigenvalue weighted by atomic mass is 10.2. The van der Waals surface area contributed by atoms with Crippen LogP contribution in [0.4, 0.5) is 0 Å². The molecule has 1 aromatic carbocycles. The van der Waals surface area contributed by atoms with Gasteiger partial charge in [0, 0.05) is 20.0 Å². The summed E-state index contributed by atoms with van der Waals surface area (Å²) in [5.41, 5.74) is 0.782. The van der Waals surface area contributed by atoms with Crippen molar-refractivity contribution in [2.75, 3.05) is 26.3 Å². The Morgan fingerprint density at radius 1 is 1.33 bits per heavy atom. The minimum atomic E-state index is -0.341. The van der Waals surface area contributed by atoms with E-state index in [4.69, 9.17) is 21.7 Å². The predicted octanol–water partition coefficient (Wildman–Crippen LogP) is 1.62. The molecule has 1 saturated heterocycles. The van der Waals surface area contributed by atoms with E-state index in [0.29, 0.717) is 24.0 Å². The molecule has 0 atom stereocenters. The van der Waals surface area contributed by atoms with Crippen LogP contribution in [0.3, 0.4) is 0 Å². The first-order chi connectivity index (χ1) is 8.68. The highest BCUT2D eigenvalue weighted by Gasteiger charge is 2.18. The molecular formula is C13H15NO3S. The lowest BCUT2D eigenvalue weighted by molar-refractivity contribution is -0.131. The minimum Gasteiger partial charge on any atom is -0.426 e. The van der Waals surface area contributed by atoms with Crippen LogP contribution in [0.25, 0.3) is 0 Å². The van der Waals surface area contributed by atoms with Crippen LogP contribution >= 0.6 is 12.2 Å². The number of carbonyl (C=O) groups excluding carboxylic acids is 1. The topological polar surface area (TPSA) is 38.8 Å². The first-order valence-corrected chi connectivity index (χ1v) is 6.24. The molecule has 1 heterocycles. The van der Waals surface area contributed by atoms with Crippen molar-refractivity contribution in [3.63, 3.8) is 0 Å². The van der Waals surface area contributed by atoms with Crippen LogP contribution in [-0.4, -0.2) is 42.2 Å². The number of benzene rings is 1. The summed E-state index contributed by atoms with van der Waals surface area (Å²) in [6, 6.07) is 7.33. The number of carbonyl (C=O) groups is 1. The summed E-state index contributed by atoms with van der Waals surface area (Å²) in [5, 5.41) is 0. The number of ether oxygens (including phenoxy) is 2. The number of esters is 1. The van der Waals surface area contributed by atoms with Crippen LogP contribution in [0.2, 0.25) is 0 Å². The zero-order valence-corrected chi connectivity index (χ0v) is 11.0. The summed E-state index contributed by atoms with van der Waals surface area (Å²) in [6.07, 6.45) is 0. The Hall–Kier alpha value is -1.46. The van der Waals surface area contributed by atoms with Crippen LogP contribution in [0.5, 0.6) is 5.75 Å².